The summed E-state index contributed by atoms with van der Waals surface area (Å²) in [7, 11) is 1.68. The molecule has 1 aromatic carbocycles. The lowest BCUT2D eigenvalue weighted by Crippen LogP contribution is -2.02. The van der Waals surface area contributed by atoms with Gasteiger partial charge in [0.25, 0.3) is 0 Å². The third-order valence-corrected chi connectivity index (χ3v) is 4.64. The Balaban J connectivity index is 2.36. The van der Waals surface area contributed by atoms with Crippen LogP contribution in [0.1, 0.15) is 5.56 Å². The predicted octanol–water partition coefficient (Wildman–Crippen LogP) is 3.28. The smallest absolute Gasteiger partial charge is 0.124 e. The molecule has 3 nitrogen and oxygen atoms in total. The fourth-order valence-electron chi connectivity index (χ4n) is 1.86. The van der Waals surface area contributed by atoms with Crippen molar-refractivity contribution >= 4 is 38.8 Å². The Kier molecular flexibility index (Phi) is 4.60. The highest BCUT2D eigenvalue weighted by Crippen LogP contribution is 2.22. The standard InChI is InChI=1S/C13H16N2OS2/c1-16-15-9-10(8-14-13(17-2)18-3)11-6-4-5-7-12(11)15/h4-7,9H,8H2,1-3H3. The van der Waals surface area contributed by atoms with Crippen LogP contribution in [0.2, 0.25) is 0 Å². The molecule has 18 heavy (non-hydrogen) atoms. The van der Waals surface area contributed by atoms with Gasteiger partial charge in [-0.2, -0.15) is 4.73 Å². The lowest BCUT2D eigenvalue weighted by atomic mass is 10.2. The number of nitrogens with zero attached hydrogens (tertiary/aromatic N) is 2. The van der Waals surface area contributed by atoms with Crippen molar-refractivity contribution in [2.45, 2.75) is 6.54 Å². The van der Waals surface area contributed by atoms with Gasteiger partial charge in [-0.1, -0.05) is 18.2 Å². The van der Waals surface area contributed by atoms with E-state index in [0.717, 1.165) is 9.89 Å². The number of hydrogen-bond donors (Lipinski definition) is 0. The predicted molar refractivity (Wildman–Crippen MR) is 82.6 cm³/mol. The van der Waals surface area contributed by atoms with E-state index in [1.54, 1.807) is 35.4 Å². The first-order valence-corrected chi connectivity index (χ1v) is 8.01. The maximum absolute atomic E-state index is 5.33. The van der Waals surface area contributed by atoms with Crippen LogP contribution in [0.25, 0.3) is 10.9 Å². The van der Waals surface area contributed by atoms with Gasteiger partial charge in [0.05, 0.1) is 12.1 Å². The van der Waals surface area contributed by atoms with Crippen molar-refractivity contribution in [2.24, 2.45) is 4.99 Å². The SMILES string of the molecule is COn1cc(CN=C(SC)SC)c2ccccc21. The van der Waals surface area contributed by atoms with Gasteiger partial charge in [-0.05, 0) is 18.6 Å². The summed E-state index contributed by atoms with van der Waals surface area (Å²) in [4.78, 5) is 9.93. The number of benzene rings is 1. The normalized spacial score (nSPS) is 10.6. The summed E-state index contributed by atoms with van der Waals surface area (Å²) in [5.41, 5.74) is 2.27. The number of thioether (sulfide) groups is 2. The monoisotopic (exact) mass is 280 g/mol. The first-order valence-electron chi connectivity index (χ1n) is 5.56. The maximum Gasteiger partial charge on any atom is 0.124 e. The molecule has 2 rings (SSSR count). The number of aromatic nitrogens is 1. The molecule has 0 unspecified atom stereocenters. The number of fused-ring (bicyclic) bond motifs is 1. The first-order chi connectivity index (χ1) is 8.80. The third-order valence-electron chi connectivity index (χ3n) is 2.68. The molecule has 0 fully saturated rings. The highest BCUT2D eigenvalue weighted by molar-refractivity contribution is 8.38. The van der Waals surface area contributed by atoms with Crippen molar-refractivity contribution in [1.29, 1.82) is 0 Å². The van der Waals surface area contributed by atoms with Crippen LogP contribution < -0.4 is 4.84 Å². The van der Waals surface area contributed by atoms with E-state index < -0.39 is 0 Å². The Labute approximate surface area is 116 Å². The van der Waals surface area contributed by atoms with Crippen molar-refractivity contribution in [3.63, 3.8) is 0 Å². The molecule has 0 radical (unpaired) electrons. The van der Waals surface area contributed by atoms with Crippen LogP contribution in [0.15, 0.2) is 35.5 Å². The van der Waals surface area contributed by atoms with Crippen molar-refractivity contribution in [3.8, 4) is 0 Å². The van der Waals surface area contributed by atoms with Crippen LogP contribution in [-0.2, 0) is 6.54 Å². The molecule has 0 N–H and O–H groups in total. The molecule has 0 aliphatic rings. The molecule has 5 heteroatoms. The minimum absolute atomic E-state index is 0.688. The molecule has 0 atom stereocenters. The third kappa shape index (κ3) is 2.67. The summed E-state index contributed by atoms with van der Waals surface area (Å²) in [6.07, 6.45) is 6.11. The van der Waals surface area contributed by atoms with Gasteiger partial charge in [0.2, 0.25) is 0 Å². The summed E-state index contributed by atoms with van der Waals surface area (Å²) >= 11 is 3.36. The molecule has 0 spiro atoms. The Morgan fingerprint density at radius 3 is 2.67 bits per heavy atom. The molecule has 1 aromatic heterocycles. The second-order valence-corrected chi connectivity index (χ2v) is 5.52. The van der Waals surface area contributed by atoms with Crippen molar-refractivity contribution in [3.05, 3.63) is 36.0 Å². The lowest BCUT2D eigenvalue weighted by molar-refractivity contribution is 0.179. The Morgan fingerprint density at radius 1 is 1.28 bits per heavy atom. The van der Waals surface area contributed by atoms with E-state index in [2.05, 4.69) is 17.1 Å². The van der Waals surface area contributed by atoms with Crippen molar-refractivity contribution in [2.75, 3.05) is 19.6 Å². The summed E-state index contributed by atoms with van der Waals surface area (Å²) < 4.78 is 2.89. The van der Waals surface area contributed by atoms with Crippen LogP contribution in [-0.4, -0.2) is 28.7 Å². The van der Waals surface area contributed by atoms with Gasteiger partial charge in [0.15, 0.2) is 0 Å². The molecular formula is C13H16N2OS2. The molecule has 0 saturated heterocycles. The zero-order chi connectivity index (χ0) is 13.0. The fourth-order valence-corrected chi connectivity index (χ4v) is 2.91. The van der Waals surface area contributed by atoms with Crippen molar-refractivity contribution < 1.29 is 4.84 Å². The first kappa shape index (κ1) is 13.4. The Bertz CT molecular complexity index is 557. The van der Waals surface area contributed by atoms with Crippen LogP contribution in [0, 0.1) is 0 Å². The second-order valence-electron chi connectivity index (χ2n) is 3.67. The van der Waals surface area contributed by atoms with Crippen molar-refractivity contribution in [1.82, 2.24) is 4.73 Å². The van der Waals surface area contributed by atoms with E-state index >= 15 is 0 Å². The Morgan fingerprint density at radius 2 is 2.00 bits per heavy atom. The largest absolute Gasteiger partial charge is 0.417 e. The van der Waals surface area contributed by atoms with Crippen LogP contribution in [0.4, 0.5) is 0 Å². The molecule has 96 valence electrons. The fraction of sp³-hybridized carbons (Fsp3) is 0.308. The van der Waals surface area contributed by atoms with E-state index in [-0.39, 0.29) is 0 Å². The minimum Gasteiger partial charge on any atom is -0.417 e. The summed E-state index contributed by atoms with van der Waals surface area (Å²) in [5.74, 6) is 0. The average Bonchev–Trinajstić information content (AvgIpc) is 2.78. The molecule has 1 heterocycles. The maximum atomic E-state index is 5.33. The number of rotatable bonds is 3. The van der Waals surface area contributed by atoms with E-state index in [4.69, 9.17) is 4.84 Å². The van der Waals surface area contributed by atoms with E-state index in [9.17, 15) is 0 Å². The van der Waals surface area contributed by atoms with Gasteiger partial charge in [-0.15, -0.1) is 23.5 Å². The Hall–Kier alpha value is -1.07. The molecule has 0 bridgehead atoms. The highest BCUT2D eigenvalue weighted by atomic mass is 32.2. The molecule has 0 amide bonds. The quantitative estimate of drug-likeness (QED) is 0.637. The molecule has 2 aromatic rings. The lowest BCUT2D eigenvalue weighted by Gasteiger charge is -2.00. The van der Waals surface area contributed by atoms with E-state index in [1.165, 1.54) is 10.9 Å². The highest BCUT2D eigenvalue weighted by Gasteiger charge is 2.07. The zero-order valence-electron chi connectivity index (χ0n) is 10.7. The van der Waals surface area contributed by atoms with Crippen LogP contribution >= 0.6 is 23.5 Å². The zero-order valence-corrected chi connectivity index (χ0v) is 12.3. The summed E-state index contributed by atoms with van der Waals surface area (Å²) in [6.45, 7) is 0.688. The molecule has 0 aliphatic heterocycles. The topological polar surface area (TPSA) is 26.5 Å². The van der Waals surface area contributed by atoms with Gasteiger partial charge in [-0.3, -0.25) is 4.99 Å². The number of para-hydroxylation sites is 1. The minimum atomic E-state index is 0.688. The van der Waals surface area contributed by atoms with E-state index in [0.29, 0.717) is 6.54 Å². The van der Waals surface area contributed by atoms with E-state index in [1.807, 2.05) is 30.8 Å². The summed E-state index contributed by atoms with van der Waals surface area (Å²) in [5, 5.41) is 1.20. The van der Waals surface area contributed by atoms with Gasteiger partial charge in [0.1, 0.15) is 11.5 Å². The average molecular weight is 280 g/mol. The number of hydrogen-bond acceptors (Lipinski definition) is 4. The second kappa shape index (κ2) is 6.20. The van der Waals surface area contributed by atoms with Gasteiger partial charge in [0, 0.05) is 17.1 Å². The number of aliphatic imine (C=N–C) groups is 1. The van der Waals surface area contributed by atoms with Gasteiger partial charge >= 0.3 is 0 Å². The summed E-state index contributed by atoms with van der Waals surface area (Å²) in [6, 6.07) is 8.21. The molecular weight excluding hydrogens is 264 g/mol. The van der Waals surface area contributed by atoms with Crippen LogP contribution in [0.3, 0.4) is 0 Å². The van der Waals surface area contributed by atoms with Gasteiger partial charge in [-0.25, -0.2) is 0 Å². The molecule has 0 aliphatic carbocycles. The van der Waals surface area contributed by atoms with Gasteiger partial charge < -0.3 is 4.84 Å². The molecule has 0 saturated carbocycles. The van der Waals surface area contributed by atoms with Crippen LogP contribution in [0.5, 0.6) is 0 Å².